The number of aliphatic hydroxyl groups excluding tert-OH is 1. The molecule has 30 heavy (non-hydrogen) atoms. The van der Waals surface area contributed by atoms with Gasteiger partial charge < -0.3 is 24.8 Å². The fourth-order valence-electron chi connectivity index (χ4n) is 5.45. The van der Waals surface area contributed by atoms with Crippen molar-refractivity contribution >= 4 is 17.8 Å². The molecule has 3 fully saturated rings. The van der Waals surface area contributed by atoms with Crippen LogP contribution in [0, 0.1) is 11.8 Å². The van der Waals surface area contributed by atoms with Gasteiger partial charge in [-0.05, 0) is 45.4 Å². The maximum Gasteiger partial charge on any atom is 0.312 e. The predicted molar refractivity (Wildman–Crippen MR) is 109 cm³/mol. The smallest absolute Gasteiger partial charge is 0.312 e. The van der Waals surface area contributed by atoms with Crippen molar-refractivity contribution in [2.45, 2.75) is 83.0 Å². The van der Waals surface area contributed by atoms with Crippen LogP contribution in [0.25, 0.3) is 0 Å². The second-order valence-electron chi connectivity index (χ2n) is 8.62. The highest BCUT2D eigenvalue weighted by atomic mass is 16.6. The zero-order valence-electron chi connectivity index (χ0n) is 18.2. The molecule has 1 spiro atoms. The van der Waals surface area contributed by atoms with Crippen LogP contribution in [0.4, 0.5) is 0 Å². The minimum Gasteiger partial charge on any atom is -0.466 e. The Morgan fingerprint density at radius 1 is 1.23 bits per heavy atom. The Morgan fingerprint density at radius 3 is 2.73 bits per heavy atom. The first-order chi connectivity index (χ1) is 14.5. The highest BCUT2D eigenvalue weighted by Gasteiger charge is 2.74. The number of carbonyl (C=O) groups is 3. The van der Waals surface area contributed by atoms with Crippen LogP contribution in [0.1, 0.15) is 65.2 Å². The van der Waals surface area contributed by atoms with E-state index in [-0.39, 0.29) is 31.1 Å². The molecule has 3 heterocycles. The molecular weight excluding hydrogens is 388 g/mol. The van der Waals surface area contributed by atoms with E-state index in [9.17, 15) is 14.4 Å². The molecule has 2 bridgehead atoms. The minimum atomic E-state index is -0.939. The SMILES string of the molecule is CCCCCNC(=O)[C@H]1N(CCCCCO)C(=O)[C@@H]2[C@@H](C(=O)OCC)[C@H]3CC[C@]21O3. The summed E-state index contributed by atoms with van der Waals surface area (Å²) in [5.74, 6) is -2.04. The summed E-state index contributed by atoms with van der Waals surface area (Å²) >= 11 is 0. The van der Waals surface area contributed by atoms with Gasteiger partial charge in [0.2, 0.25) is 11.8 Å². The lowest BCUT2D eigenvalue weighted by Crippen LogP contribution is -2.55. The molecule has 0 radical (unpaired) electrons. The van der Waals surface area contributed by atoms with Crippen LogP contribution in [0.15, 0.2) is 0 Å². The molecule has 3 saturated heterocycles. The van der Waals surface area contributed by atoms with Gasteiger partial charge in [0.1, 0.15) is 11.6 Å². The van der Waals surface area contributed by atoms with Crippen LogP contribution in [0.2, 0.25) is 0 Å². The van der Waals surface area contributed by atoms with Gasteiger partial charge in [0.25, 0.3) is 0 Å². The van der Waals surface area contributed by atoms with E-state index in [1.165, 1.54) is 0 Å². The third-order valence-electron chi connectivity index (χ3n) is 6.74. The van der Waals surface area contributed by atoms with Gasteiger partial charge in [-0.3, -0.25) is 14.4 Å². The Morgan fingerprint density at radius 2 is 2.03 bits per heavy atom. The van der Waals surface area contributed by atoms with Crippen LogP contribution in [0.5, 0.6) is 0 Å². The molecule has 0 saturated carbocycles. The van der Waals surface area contributed by atoms with Crippen molar-refractivity contribution in [3.05, 3.63) is 0 Å². The highest BCUT2D eigenvalue weighted by Crippen LogP contribution is 2.58. The maximum absolute atomic E-state index is 13.5. The lowest BCUT2D eigenvalue weighted by molar-refractivity contribution is -0.154. The van der Waals surface area contributed by atoms with Gasteiger partial charge in [-0.25, -0.2) is 0 Å². The Balaban J connectivity index is 1.82. The second-order valence-corrected chi connectivity index (χ2v) is 8.62. The van der Waals surface area contributed by atoms with Crippen LogP contribution >= 0.6 is 0 Å². The first-order valence-corrected chi connectivity index (χ1v) is 11.5. The summed E-state index contributed by atoms with van der Waals surface area (Å²) in [6.45, 7) is 5.21. The van der Waals surface area contributed by atoms with Gasteiger partial charge >= 0.3 is 5.97 Å². The zero-order chi connectivity index (χ0) is 21.7. The lowest BCUT2D eigenvalue weighted by Gasteiger charge is -2.33. The summed E-state index contributed by atoms with van der Waals surface area (Å²) in [6.07, 6.45) is 6.02. The summed E-state index contributed by atoms with van der Waals surface area (Å²) in [5.41, 5.74) is -0.939. The third kappa shape index (κ3) is 4.08. The molecule has 8 heteroatoms. The Labute approximate surface area is 178 Å². The summed E-state index contributed by atoms with van der Waals surface area (Å²) in [4.78, 5) is 41.0. The molecule has 0 aromatic heterocycles. The number of unbranched alkanes of at least 4 members (excludes halogenated alkanes) is 4. The number of nitrogens with one attached hydrogen (secondary N) is 1. The Kier molecular flexibility index (Phi) is 7.74. The van der Waals surface area contributed by atoms with Gasteiger partial charge in [-0.1, -0.05) is 19.8 Å². The number of fused-ring (bicyclic) bond motifs is 1. The van der Waals surface area contributed by atoms with E-state index in [1.54, 1.807) is 11.8 Å². The van der Waals surface area contributed by atoms with Gasteiger partial charge in [0.05, 0.1) is 24.5 Å². The van der Waals surface area contributed by atoms with E-state index in [1.807, 2.05) is 0 Å². The molecule has 2 N–H and O–H groups in total. The van der Waals surface area contributed by atoms with Crippen LogP contribution in [-0.2, 0) is 23.9 Å². The first kappa shape index (κ1) is 23.0. The van der Waals surface area contributed by atoms with Gasteiger partial charge in [0.15, 0.2) is 0 Å². The predicted octanol–water partition coefficient (Wildman–Crippen LogP) is 1.39. The molecule has 170 valence electrons. The van der Waals surface area contributed by atoms with Crippen molar-refractivity contribution in [3.8, 4) is 0 Å². The van der Waals surface area contributed by atoms with Crippen molar-refractivity contribution in [1.82, 2.24) is 10.2 Å². The van der Waals surface area contributed by atoms with Gasteiger partial charge in [-0.2, -0.15) is 0 Å². The number of hydrogen-bond donors (Lipinski definition) is 2. The average Bonchev–Trinajstić information content (AvgIpc) is 3.36. The first-order valence-electron chi connectivity index (χ1n) is 11.5. The standard InChI is InChI=1S/C22H36N2O6/c1-3-5-7-12-23-19(26)18-22-11-10-15(30-22)16(21(28)29-4-2)17(22)20(27)24(18)13-8-6-9-14-25/h15-18,25H,3-14H2,1-2H3,(H,23,26)/t15-,16+,17+,18-,22+/m1/s1. The van der Waals surface area contributed by atoms with Crippen LogP contribution < -0.4 is 5.32 Å². The number of rotatable bonds is 12. The highest BCUT2D eigenvalue weighted by molar-refractivity contribution is 5.98. The normalized spacial score (nSPS) is 31.8. The quantitative estimate of drug-likeness (QED) is 0.362. The molecule has 5 atom stereocenters. The fourth-order valence-corrected chi connectivity index (χ4v) is 5.45. The van der Waals surface area contributed by atoms with E-state index in [2.05, 4.69) is 12.2 Å². The molecule has 0 aromatic rings. The van der Waals surface area contributed by atoms with Gasteiger partial charge in [0, 0.05) is 19.7 Å². The molecule has 3 aliphatic rings. The van der Waals surface area contributed by atoms with Gasteiger partial charge in [-0.15, -0.1) is 0 Å². The van der Waals surface area contributed by atoms with Crippen molar-refractivity contribution in [1.29, 1.82) is 0 Å². The molecular formula is C22H36N2O6. The number of hydrogen-bond acceptors (Lipinski definition) is 6. The Hall–Kier alpha value is -1.67. The van der Waals surface area contributed by atoms with E-state index < -0.39 is 29.4 Å². The number of ether oxygens (including phenoxy) is 2. The van der Waals surface area contributed by atoms with Crippen LogP contribution in [0.3, 0.4) is 0 Å². The number of likely N-dealkylation sites (tertiary alicyclic amines) is 1. The summed E-state index contributed by atoms with van der Waals surface area (Å²) in [5, 5.41) is 12.0. The Bertz CT molecular complexity index is 641. The summed E-state index contributed by atoms with van der Waals surface area (Å²) in [7, 11) is 0. The van der Waals surface area contributed by atoms with E-state index in [4.69, 9.17) is 14.6 Å². The van der Waals surface area contributed by atoms with E-state index >= 15 is 0 Å². The molecule has 3 aliphatic heterocycles. The lowest BCUT2D eigenvalue weighted by atomic mass is 9.71. The topological polar surface area (TPSA) is 105 Å². The fraction of sp³-hybridized carbons (Fsp3) is 0.864. The number of aliphatic hydroxyl groups is 1. The number of carbonyl (C=O) groups excluding carboxylic acids is 3. The molecule has 2 amide bonds. The number of amides is 2. The molecule has 0 aliphatic carbocycles. The summed E-state index contributed by atoms with van der Waals surface area (Å²) < 4.78 is 11.5. The van der Waals surface area contributed by atoms with E-state index in [0.29, 0.717) is 38.8 Å². The zero-order valence-corrected chi connectivity index (χ0v) is 18.2. The van der Waals surface area contributed by atoms with Crippen molar-refractivity contribution in [2.75, 3.05) is 26.3 Å². The molecule has 3 rings (SSSR count). The average molecular weight is 425 g/mol. The second kappa shape index (κ2) is 10.1. The molecule has 0 unspecified atom stereocenters. The van der Waals surface area contributed by atoms with Crippen molar-refractivity contribution < 1.29 is 29.0 Å². The third-order valence-corrected chi connectivity index (χ3v) is 6.74. The van der Waals surface area contributed by atoms with Crippen LogP contribution in [-0.4, -0.2) is 71.8 Å². The van der Waals surface area contributed by atoms with Crippen molar-refractivity contribution in [2.24, 2.45) is 11.8 Å². The number of esters is 1. The monoisotopic (exact) mass is 424 g/mol. The van der Waals surface area contributed by atoms with E-state index in [0.717, 1.165) is 25.7 Å². The largest absolute Gasteiger partial charge is 0.466 e. The maximum atomic E-state index is 13.5. The minimum absolute atomic E-state index is 0.109. The molecule has 8 nitrogen and oxygen atoms in total. The van der Waals surface area contributed by atoms with Crippen molar-refractivity contribution in [3.63, 3.8) is 0 Å². The summed E-state index contributed by atoms with van der Waals surface area (Å²) in [6, 6.07) is -0.713. The molecule has 0 aromatic carbocycles. The number of nitrogens with zero attached hydrogens (tertiary/aromatic N) is 1.